The average molecular weight is 259 g/mol. The van der Waals surface area contributed by atoms with Crippen molar-refractivity contribution in [3.8, 4) is 0 Å². The Balaban J connectivity index is 2.10. The quantitative estimate of drug-likeness (QED) is 0.479. The number of aliphatic imine (C=N–C) groups is 1. The molecule has 0 unspecified atom stereocenters. The molecule has 98 valence electrons. The first-order chi connectivity index (χ1) is 9.08. The first-order valence-electron chi connectivity index (χ1n) is 5.76. The lowest BCUT2D eigenvalue weighted by molar-refractivity contribution is -0.386. The maximum Gasteiger partial charge on any atom is 0.334 e. The minimum absolute atomic E-state index is 0.0737. The Morgan fingerprint density at radius 1 is 1.37 bits per heavy atom. The molecule has 0 aliphatic rings. The molecule has 0 spiro atoms. The molecule has 2 rings (SSSR count). The lowest BCUT2D eigenvalue weighted by Crippen LogP contribution is -1.94. The average Bonchev–Trinajstić information content (AvgIpc) is 2.73. The molecule has 6 heteroatoms. The van der Waals surface area contributed by atoms with Gasteiger partial charge in [0.25, 0.3) is 0 Å². The van der Waals surface area contributed by atoms with Crippen molar-refractivity contribution >= 4 is 17.6 Å². The van der Waals surface area contributed by atoms with Gasteiger partial charge in [-0.1, -0.05) is 22.9 Å². The van der Waals surface area contributed by atoms with Gasteiger partial charge in [0.15, 0.2) is 5.69 Å². The Bertz CT molecular complexity index is 615. The zero-order valence-corrected chi connectivity index (χ0v) is 10.7. The van der Waals surface area contributed by atoms with E-state index in [1.807, 2.05) is 31.2 Å². The lowest BCUT2D eigenvalue weighted by Gasteiger charge is -1.94. The van der Waals surface area contributed by atoms with Crippen LogP contribution in [0.25, 0.3) is 0 Å². The van der Waals surface area contributed by atoms with Crippen molar-refractivity contribution in [3.05, 3.63) is 51.4 Å². The maximum absolute atomic E-state index is 10.8. The second-order valence-electron chi connectivity index (χ2n) is 4.15. The summed E-state index contributed by atoms with van der Waals surface area (Å²) in [7, 11) is 0. The Hall–Kier alpha value is -2.50. The van der Waals surface area contributed by atoms with Crippen LogP contribution in [0.2, 0.25) is 0 Å². The number of benzene rings is 1. The predicted molar refractivity (Wildman–Crippen MR) is 70.9 cm³/mol. The highest BCUT2D eigenvalue weighted by Crippen LogP contribution is 2.22. The van der Waals surface area contributed by atoms with E-state index in [0.29, 0.717) is 0 Å². The number of nitro groups is 1. The van der Waals surface area contributed by atoms with E-state index in [4.69, 9.17) is 4.52 Å². The largest absolute Gasteiger partial charge is 0.353 e. The number of hydrogen-bond acceptors (Lipinski definition) is 5. The molecule has 0 saturated carbocycles. The molecule has 6 nitrogen and oxygen atoms in total. The van der Waals surface area contributed by atoms with Gasteiger partial charge in [-0.25, -0.2) is 0 Å². The van der Waals surface area contributed by atoms with E-state index in [9.17, 15) is 10.1 Å². The minimum atomic E-state index is -0.485. The van der Waals surface area contributed by atoms with Crippen LogP contribution in [-0.2, 0) is 6.42 Å². The van der Waals surface area contributed by atoms with Gasteiger partial charge >= 0.3 is 5.69 Å². The predicted octanol–water partition coefficient (Wildman–Crippen LogP) is 3.14. The summed E-state index contributed by atoms with van der Waals surface area (Å²) >= 11 is 0. The third-order valence-electron chi connectivity index (χ3n) is 2.63. The molecule has 0 N–H and O–H groups in total. The number of aromatic nitrogens is 1. The normalized spacial score (nSPS) is 11.1. The highest BCUT2D eigenvalue weighted by Gasteiger charge is 2.22. The number of nitrogens with zero attached hydrogens (tertiary/aromatic N) is 3. The van der Waals surface area contributed by atoms with Crippen LogP contribution in [0.15, 0.2) is 33.8 Å². The van der Waals surface area contributed by atoms with Gasteiger partial charge in [-0.15, -0.1) is 0 Å². The number of hydrogen-bond donors (Lipinski definition) is 0. The molecule has 0 radical (unpaired) electrons. The Morgan fingerprint density at radius 2 is 2.05 bits per heavy atom. The van der Waals surface area contributed by atoms with Crippen LogP contribution in [-0.4, -0.2) is 16.3 Å². The third kappa shape index (κ3) is 3.04. The van der Waals surface area contributed by atoms with E-state index < -0.39 is 4.92 Å². The lowest BCUT2D eigenvalue weighted by atomic mass is 10.2. The standard InChI is InChI=1S/C13H13N3O3/c1-9-3-5-11(6-4-9)14-8-7-12-13(16(17)18)10(2)15-19-12/h3-6,8H,7H2,1-2H3. The summed E-state index contributed by atoms with van der Waals surface area (Å²) in [6.45, 7) is 3.54. The van der Waals surface area contributed by atoms with E-state index in [1.165, 1.54) is 0 Å². The van der Waals surface area contributed by atoms with Crippen LogP contribution in [0.5, 0.6) is 0 Å². The molecule has 0 aliphatic carbocycles. The van der Waals surface area contributed by atoms with Crippen molar-refractivity contribution in [2.75, 3.05) is 0 Å². The van der Waals surface area contributed by atoms with Gasteiger partial charge in [-0.2, -0.15) is 0 Å². The summed E-state index contributed by atoms with van der Waals surface area (Å²) in [6.07, 6.45) is 1.82. The molecular weight excluding hydrogens is 246 g/mol. The van der Waals surface area contributed by atoms with Crippen LogP contribution < -0.4 is 0 Å². The zero-order chi connectivity index (χ0) is 13.8. The summed E-state index contributed by atoms with van der Waals surface area (Å²) in [5.74, 6) is 0.221. The van der Waals surface area contributed by atoms with Crippen LogP contribution in [0.1, 0.15) is 17.0 Å². The molecule has 1 aromatic carbocycles. The first-order valence-corrected chi connectivity index (χ1v) is 5.76. The molecule has 0 saturated heterocycles. The van der Waals surface area contributed by atoms with E-state index in [2.05, 4.69) is 10.1 Å². The summed E-state index contributed by atoms with van der Waals surface area (Å²) in [5, 5.41) is 14.4. The SMILES string of the molecule is Cc1ccc(N=CCc2onc(C)c2[N+](=O)[O-])cc1. The smallest absolute Gasteiger partial charge is 0.334 e. The van der Waals surface area contributed by atoms with Crippen molar-refractivity contribution < 1.29 is 9.45 Å². The van der Waals surface area contributed by atoms with Crippen molar-refractivity contribution in [3.63, 3.8) is 0 Å². The van der Waals surface area contributed by atoms with E-state index in [1.54, 1.807) is 13.1 Å². The zero-order valence-electron chi connectivity index (χ0n) is 10.7. The molecule has 19 heavy (non-hydrogen) atoms. The van der Waals surface area contributed by atoms with Gasteiger partial charge in [-0.05, 0) is 26.0 Å². The van der Waals surface area contributed by atoms with E-state index in [-0.39, 0.29) is 23.6 Å². The fourth-order valence-electron chi connectivity index (χ4n) is 1.64. The van der Waals surface area contributed by atoms with Gasteiger partial charge < -0.3 is 4.52 Å². The second-order valence-corrected chi connectivity index (χ2v) is 4.15. The topological polar surface area (TPSA) is 81.5 Å². The Morgan fingerprint density at radius 3 is 2.68 bits per heavy atom. The van der Waals surface area contributed by atoms with Gasteiger partial charge in [-0.3, -0.25) is 15.1 Å². The molecule has 0 bridgehead atoms. The highest BCUT2D eigenvalue weighted by molar-refractivity contribution is 5.67. The summed E-state index contributed by atoms with van der Waals surface area (Å²) in [4.78, 5) is 14.6. The molecule has 0 aliphatic heterocycles. The summed E-state index contributed by atoms with van der Waals surface area (Å²) in [5.41, 5.74) is 2.16. The van der Waals surface area contributed by atoms with Crippen LogP contribution in [0, 0.1) is 24.0 Å². The summed E-state index contributed by atoms with van der Waals surface area (Å²) in [6, 6.07) is 7.67. The first kappa shape index (κ1) is 12.9. The second kappa shape index (κ2) is 5.43. The fraction of sp³-hybridized carbons (Fsp3) is 0.231. The number of aryl methyl sites for hydroxylation is 2. The number of rotatable bonds is 4. The third-order valence-corrected chi connectivity index (χ3v) is 2.63. The minimum Gasteiger partial charge on any atom is -0.353 e. The summed E-state index contributed by atoms with van der Waals surface area (Å²) < 4.78 is 4.93. The molecule has 0 fully saturated rings. The van der Waals surface area contributed by atoms with Crippen molar-refractivity contribution in [2.24, 2.45) is 4.99 Å². The van der Waals surface area contributed by atoms with Gasteiger partial charge in [0.2, 0.25) is 5.76 Å². The molecule has 1 aromatic heterocycles. The van der Waals surface area contributed by atoms with Crippen LogP contribution in [0.3, 0.4) is 0 Å². The van der Waals surface area contributed by atoms with Gasteiger partial charge in [0.05, 0.1) is 17.0 Å². The van der Waals surface area contributed by atoms with Crippen LogP contribution >= 0.6 is 0 Å². The highest BCUT2D eigenvalue weighted by atomic mass is 16.6. The molecule has 0 atom stereocenters. The molecule has 2 aromatic rings. The van der Waals surface area contributed by atoms with Crippen molar-refractivity contribution in [2.45, 2.75) is 20.3 Å². The van der Waals surface area contributed by atoms with Crippen molar-refractivity contribution in [1.29, 1.82) is 0 Å². The molecule has 1 heterocycles. The van der Waals surface area contributed by atoms with E-state index in [0.717, 1.165) is 11.3 Å². The molecule has 0 amide bonds. The van der Waals surface area contributed by atoms with Crippen molar-refractivity contribution in [1.82, 2.24) is 5.16 Å². The van der Waals surface area contributed by atoms with Gasteiger partial charge in [0, 0.05) is 6.21 Å². The molecular formula is C13H13N3O3. The van der Waals surface area contributed by atoms with Crippen LogP contribution in [0.4, 0.5) is 11.4 Å². The van der Waals surface area contributed by atoms with Gasteiger partial charge in [0.1, 0.15) is 0 Å². The Labute approximate surface area is 109 Å². The van der Waals surface area contributed by atoms with E-state index >= 15 is 0 Å². The Kier molecular flexibility index (Phi) is 3.70. The monoisotopic (exact) mass is 259 g/mol. The fourth-order valence-corrected chi connectivity index (χ4v) is 1.64. The maximum atomic E-state index is 10.8.